The average Bonchev–Trinajstić information content (AvgIpc) is 3.26. The molecule has 0 saturated carbocycles. The second-order valence-corrected chi connectivity index (χ2v) is 8.14. The second kappa shape index (κ2) is 10.4. The Labute approximate surface area is 193 Å². The van der Waals surface area contributed by atoms with E-state index < -0.39 is 0 Å². The van der Waals surface area contributed by atoms with Crippen LogP contribution in [-0.4, -0.2) is 38.3 Å². The average molecular weight is 446 g/mol. The summed E-state index contributed by atoms with van der Waals surface area (Å²) in [7, 11) is 0. The van der Waals surface area contributed by atoms with Crippen molar-refractivity contribution in [1.29, 1.82) is 0 Å². The molecule has 3 aromatic heterocycles. The molecule has 4 heterocycles. The van der Waals surface area contributed by atoms with Gasteiger partial charge in [0.05, 0.1) is 0 Å². The Bertz CT molecular complexity index is 1300. The fraction of sp³-hybridized carbons (Fsp3) is 0.346. The number of carbonyl (C=O) groups excluding carboxylic acids is 1. The molecule has 1 aliphatic rings. The van der Waals surface area contributed by atoms with Crippen LogP contribution in [0.1, 0.15) is 54.9 Å². The lowest BCUT2D eigenvalue weighted by Crippen LogP contribution is -2.29. The maximum absolute atomic E-state index is 12.6. The zero-order chi connectivity index (χ0) is 23.2. The minimum absolute atomic E-state index is 0.126. The van der Waals surface area contributed by atoms with Gasteiger partial charge in [-0.1, -0.05) is 38.5 Å². The first-order chi connectivity index (χ1) is 16.2. The van der Waals surface area contributed by atoms with Crippen molar-refractivity contribution in [1.82, 2.24) is 24.6 Å². The topological polar surface area (TPSA) is 82.5 Å². The van der Waals surface area contributed by atoms with Crippen molar-refractivity contribution in [2.45, 2.75) is 46.2 Å². The van der Waals surface area contributed by atoms with Crippen molar-refractivity contribution < 1.29 is 4.79 Å². The van der Waals surface area contributed by atoms with Crippen LogP contribution in [0.2, 0.25) is 0 Å². The van der Waals surface area contributed by atoms with E-state index in [0.29, 0.717) is 12.2 Å². The molecule has 2 N–H and O–H groups in total. The third kappa shape index (κ3) is 5.31. The molecular weight excluding hydrogens is 414 g/mol. The summed E-state index contributed by atoms with van der Waals surface area (Å²) >= 11 is 0. The number of fused-ring (bicyclic) bond motifs is 2. The van der Waals surface area contributed by atoms with Gasteiger partial charge in [-0.2, -0.15) is 0 Å². The van der Waals surface area contributed by atoms with Gasteiger partial charge in [-0.05, 0) is 61.1 Å². The van der Waals surface area contributed by atoms with Gasteiger partial charge in [0.1, 0.15) is 11.3 Å². The number of likely N-dealkylation sites (tertiary alicyclic amines) is 1. The van der Waals surface area contributed by atoms with Gasteiger partial charge in [-0.3, -0.25) is 18.9 Å². The highest BCUT2D eigenvalue weighted by molar-refractivity contribution is 5.92. The van der Waals surface area contributed by atoms with Crippen LogP contribution in [-0.2, 0) is 13.1 Å². The zero-order valence-electron chi connectivity index (χ0n) is 19.3. The lowest BCUT2D eigenvalue weighted by atomic mass is 10.1. The normalized spacial score (nSPS) is 14.1. The molecule has 7 nitrogen and oxygen atoms in total. The molecule has 0 aliphatic carbocycles. The molecule has 0 bridgehead atoms. The Kier molecular flexibility index (Phi) is 7.19. The molecule has 1 saturated heterocycles. The molecule has 0 unspecified atom stereocenters. The van der Waals surface area contributed by atoms with Crippen LogP contribution in [0.4, 0.5) is 0 Å². The van der Waals surface area contributed by atoms with Gasteiger partial charge in [0, 0.05) is 36.6 Å². The maximum Gasteiger partial charge on any atom is 0.270 e. The summed E-state index contributed by atoms with van der Waals surface area (Å²) in [6.45, 7) is 7.65. The first-order valence-corrected chi connectivity index (χ1v) is 11.8. The van der Waals surface area contributed by atoms with Crippen LogP contribution in [0.15, 0.2) is 59.5 Å². The van der Waals surface area contributed by atoms with Gasteiger partial charge in [0.15, 0.2) is 0 Å². The number of nitrogens with zero attached hydrogens (tertiary/aromatic N) is 3. The van der Waals surface area contributed by atoms with E-state index in [4.69, 9.17) is 0 Å². The lowest BCUT2D eigenvalue weighted by molar-refractivity contribution is 0.0946. The first-order valence-electron chi connectivity index (χ1n) is 11.8. The SMILES string of the molecule is CC.O=C(NCc1ccc2cc(CN3CCCCC3)[nH]c2c1)c1cc(=O)n2ccccc2n1. The summed E-state index contributed by atoms with van der Waals surface area (Å²) in [5, 5.41) is 4.05. The number of hydrogen-bond acceptors (Lipinski definition) is 4. The molecule has 0 radical (unpaired) electrons. The number of hydrogen-bond donors (Lipinski definition) is 2. The Hall–Kier alpha value is -3.45. The van der Waals surface area contributed by atoms with Crippen LogP contribution in [0, 0.1) is 0 Å². The summed E-state index contributed by atoms with van der Waals surface area (Å²) in [6, 6.07) is 14.9. The van der Waals surface area contributed by atoms with Crippen LogP contribution < -0.4 is 10.9 Å². The number of benzene rings is 1. The van der Waals surface area contributed by atoms with E-state index in [0.717, 1.165) is 17.6 Å². The second-order valence-electron chi connectivity index (χ2n) is 8.14. The van der Waals surface area contributed by atoms with Gasteiger partial charge >= 0.3 is 0 Å². The smallest absolute Gasteiger partial charge is 0.270 e. The fourth-order valence-corrected chi connectivity index (χ4v) is 4.23. The number of amides is 1. The number of carbonyl (C=O) groups is 1. The van der Waals surface area contributed by atoms with Crippen LogP contribution in [0.25, 0.3) is 16.6 Å². The molecule has 0 atom stereocenters. The van der Waals surface area contributed by atoms with E-state index in [1.54, 1.807) is 24.4 Å². The van der Waals surface area contributed by atoms with E-state index in [2.05, 4.69) is 38.4 Å². The van der Waals surface area contributed by atoms with Crippen molar-refractivity contribution in [2.75, 3.05) is 13.1 Å². The number of pyridine rings is 1. The summed E-state index contributed by atoms with van der Waals surface area (Å²) in [4.78, 5) is 35.1. The summed E-state index contributed by atoms with van der Waals surface area (Å²) in [5.41, 5.74) is 3.59. The van der Waals surface area contributed by atoms with Crippen LogP contribution in [0.3, 0.4) is 0 Å². The molecule has 33 heavy (non-hydrogen) atoms. The molecule has 1 aromatic carbocycles. The minimum Gasteiger partial charge on any atom is -0.357 e. The third-order valence-corrected chi connectivity index (χ3v) is 5.84. The van der Waals surface area contributed by atoms with Gasteiger partial charge in [0.25, 0.3) is 11.5 Å². The standard InChI is InChI=1S/C24H25N5O2.C2H6/c30-23-14-21(27-22-6-2-5-11-29(22)23)24(31)25-15-17-7-8-18-13-19(26-20(18)12-17)16-28-9-3-1-4-10-28;1-2/h2,5-8,11-14,26H,1,3-4,9-10,15-16H2,(H,25,31);1-2H3. The van der Waals surface area contributed by atoms with Crippen LogP contribution >= 0.6 is 0 Å². The highest BCUT2D eigenvalue weighted by Crippen LogP contribution is 2.20. The monoisotopic (exact) mass is 445 g/mol. The summed E-state index contributed by atoms with van der Waals surface area (Å²) in [5.74, 6) is -0.360. The maximum atomic E-state index is 12.6. The van der Waals surface area contributed by atoms with Gasteiger partial charge in [-0.15, -0.1) is 0 Å². The number of aromatic amines is 1. The first kappa shape index (κ1) is 22.7. The Morgan fingerprint density at radius 2 is 1.88 bits per heavy atom. The van der Waals surface area contributed by atoms with Crippen molar-refractivity contribution in [3.63, 3.8) is 0 Å². The highest BCUT2D eigenvalue weighted by Gasteiger charge is 2.13. The predicted molar refractivity (Wildman–Crippen MR) is 131 cm³/mol. The van der Waals surface area contributed by atoms with Gasteiger partial charge in [-0.25, -0.2) is 4.98 Å². The van der Waals surface area contributed by atoms with E-state index in [-0.39, 0.29) is 17.2 Å². The van der Waals surface area contributed by atoms with Crippen molar-refractivity contribution in [2.24, 2.45) is 0 Å². The quantitative estimate of drug-likeness (QED) is 0.484. The van der Waals surface area contributed by atoms with E-state index in [9.17, 15) is 9.59 Å². The number of nitrogens with one attached hydrogen (secondary N) is 2. The molecular formula is C26H31N5O2. The van der Waals surface area contributed by atoms with E-state index >= 15 is 0 Å². The molecule has 1 aliphatic heterocycles. The van der Waals surface area contributed by atoms with E-state index in [1.807, 2.05) is 19.9 Å². The highest BCUT2D eigenvalue weighted by atomic mass is 16.2. The van der Waals surface area contributed by atoms with Crippen molar-refractivity contribution >= 4 is 22.5 Å². The van der Waals surface area contributed by atoms with Crippen molar-refractivity contribution in [3.05, 3.63) is 82.0 Å². The largest absolute Gasteiger partial charge is 0.357 e. The molecule has 5 rings (SSSR count). The predicted octanol–water partition coefficient (Wildman–Crippen LogP) is 4.12. The van der Waals surface area contributed by atoms with E-state index in [1.165, 1.54) is 53.9 Å². The molecule has 4 aromatic rings. The minimum atomic E-state index is -0.360. The third-order valence-electron chi connectivity index (χ3n) is 5.84. The van der Waals surface area contributed by atoms with Gasteiger partial charge in [0.2, 0.25) is 0 Å². The van der Waals surface area contributed by atoms with Crippen LogP contribution in [0.5, 0.6) is 0 Å². The number of aromatic nitrogens is 3. The Balaban J connectivity index is 0.00000126. The molecule has 1 fully saturated rings. The number of rotatable bonds is 5. The molecule has 1 amide bonds. The fourth-order valence-electron chi connectivity index (χ4n) is 4.23. The Morgan fingerprint density at radius 1 is 1.06 bits per heavy atom. The molecule has 0 spiro atoms. The number of piperidine rings is 1. The summed E-state index contributed by atoms with van der Waals surface area (Å²) < 4.78 is 1.41. The molecule has 172 valence electrons. The lowest BCUT2D eigenvalue weighted by Gasteiger charge is -2.25. The Morgan fingerprint density at radius 3 is 2.70 bits per heavy atom. The molecule has 7 heteroatoms. The van der Waals surface area contributed by atoms with Gasteiger partial charge < -0.3 is 10.3 Å². The zero-order valence-corrected chi connectivity index (χ0v) is 19.3. The van der Waals surface area contributed by atoms with Crippen molar-refractivity contribution in [3.8, 4) is 0 Å². The summed E-state index contributed by atoms with van der Waals surface area (Å²) in [6.07, 6.45) is 5.53. The number of H-pyrrole nitrogens is 1.